The summed E-state index contributed by atoms with van der Waals surface area (Å²) in [6, 6.07) is 0. The molecule has 1 aliphatic rings. The van der Waals surface area contributed by atoms with Crippen LogP contribution < -0.4 is 5.32 Å². The van der Waals surface area contributed by atoms with Crippen LogP contribution in [0.1, 0.15) is 47.5 Å². The molecule has 1 rings (SSSR count). The first-order valence-corrected chi connectivity index (χ1v) is 8.89. The van der Waals surface area contributed by atoms with Gasteiger partial charge < -0.3 is 20.4 Å². The number of hydrogen-bond acceptors (Lipinski definition) is 4. The van der Waals surface area contributed by atoms with Gasteiger partial charge in [-0.05, 0) is 31.1 Å². The van der Waals surface area contributed by atoms with Gasteiger partial charge in [0.2, 0.25) is 11.8 Å². The lowest BCUT2D eigenvalue weighted by molar-refractivity contribution is -0.134. The standard InChI is InChI=1S/C18H34N2O4/c1-11-9-18(5,24)14(4)12(2)16(22)13(3)17(23)19-8-7-15(21)20(6)10-11/h11-14,16,22,24H,7-10H2,1-6H3,(H,19,23)/t11-,12-,13?,14-,16+,18-/m1/s1. The molecule has 0 aromatic rings. The van der Waals surface area contributed by atoms with Crippen molar-refractivity contribution in [3.63, 3.8) is 0 Å². The lowest BCUT2D eigenvalue weighted by Crippen LogP contribution is -2.47. The molecule has 0 saturated carbocycles. The average molecular weight is 342 g/mol. The second kappa shape index (κ2) is 8.30. The van der Waals surface area contributed by atoms with Crippen molar-refractivity contribution in [2.45, 2.75) is 59.2 Å². The highest BCUT2D eigenvalue weighted by atomic mass is 16.3. The number of aliphatic hydroxyl groups excluding tert-OH is 1. The Labute approximate surface area is 145 Å². The van der Waals surface area contributed by atoms with Crippen molar-refractivity contribution in [3.8, 4) is 0 Å². The highest BCUT2D eigenvalue weighted by Gasteiger charge is 2.39. The van der Waals surface area contributed by atoms with E-state index in [2.05, 4.69) is 5.32 Å². The molecular formula is C18H34N2O4. The number of hydrogen-bond donors (Lipinski definition) is 3. The largest absolute Gasteiger partial charge is 0.392 e. The van der Waals surface area contributed by atoms with Gasteiger partial charge in [0.05, 0.1) is 17.6 Å². The van der Waals surface area contributed by atoms with Gasteiger partial charge in [-0.15, -0.1) is 0 Å². The zero-order valence-corrected chi connectivity index (χ0v) is 15.9. The predicted molar refractivity (Wildman–Crippen MR) is 93.2 cm³/mol. The Kier molecular flexibility index (Phi) is 7.23. The van der Waals surface area contributed by atoms with E-state index in [9.17, 15) is 19.8 Å². The summed E-state index contributed by atoms with van der Waals surface area (Å²) in [5, 5.41) is 24.2. The molecule has 0 aliphatic carbocycles. The molecule has 24 heavy (non-hydrogen) atoms. The maximum absolute atomic E-state index is 12.2. The fourth-order valence-corrected chi connectivity index (χ4v) is 3.64. The number of amides is 2. The molecule has 1 fully saturated rings. The van der Waals surface area contributed by atoms with Crippen LogP contribution in [0.15, 0.2) is 0 Å². The molecule has 1 unspecified atom stereocenters. The quantitative estimate of drug-likeness (QED) is 0.613. The Morgan fingerprint density at radius 2 is 1.79 bits per heavy atom. The third-order valence-corrected chi connectivity index (χ3v) is 5.65. The summed E-state index contributed by atoms with van der Waals surface area (Å²) in [6.45, 7) is 10.1. The fraction of sp³-hybridized carbons (Fsp3) is 0.889. The highest BCUT2D eigenvalue weighted by molar-refractivity contribution is 5.80. The number of nitrogens with zero attached hydrogens (tertiary/aromatic N) is 1. The van der Waals surface area contributed by atoms with Gasteiger partial charge in [-0.25, -0.2) is 0 Å². The van der Waals surface area contributed by atoms with Gasteiger partial charge in [0, 0.05) is 26.6 Å². The third-order valence-electron chi connectivity index (χ3n) is 5.65. The first kappa shape index (κ1) is 20.9. The zero-order valence-electron chi connectivity index (χ0n) is 15.9. The second-order valence-corrected chi connectivity index (χ2v) is 7.91. The highest BCUT2D eigenvalue weighted by Crippen LogP contribution is 2.34. The number of aliphatic hydroxyl groups is 2. The molecule has 0 spiro atoms. The Morgan fingerprint density at radius 3 is 2.38 bits per heavy atom. The normalized spacial score (nSPS) is 40.8. The van der Waals surface area contributed by atoms with E-state index < -0.39 is 17.6 Å². The fourth-order valence-electron chi connectivity index (χ4n) is 3.64. The topological polar surface area (TPSA) is 89.9 Å². The van der Waals surface area contributed by atoms with Gasteiger partial charge in [0.25, 0.3) is 0 Å². The Bertz CT molecular complexity index is 452. The van der Waals surface area contributed by atoms with Crippen molar-refractivity contribution in [1.82, 2.24) is 10.2 Å². The number of carbonyl (C=O) groups is 2. The first-order valence-electron chi connectivity index (χ1n) is 8.89. The monoisotopic (exact) mass is 342 g/mol. The van der Waals surface area contributed by atoms with Crippen molar-refractivity contribution in [3.05, 3.63) is 0 Å². The van der Waals surface area contributed by atoms with Crippen LogP contribution in [0.25, 0.3) is 0 Å². The number of carbonyl (C=O) groups excluding carboxylic acids is 2. The maximum atomic E-state index is 12.2. The van der Waals surface area contributed by atoms with Crippen LogP contribution in [0.4, 0.5) is 0 Å². The van der Waals surface area contributed by atoms with Crippen molar-refractivity contribution >= 4 is 11.8 Å². The van der Waals surface area contributed by atoms with E-state index in [4.69, 9.17) is 0 Å². The molecule has 3 N–H and O–H groups in total. The SMILES string of the molecule is CC1C(=O)NCCC(=O)N(C)C[C@H](C)C[C@@](C)(O)[C@H](C)[C@@H](C)[C@@H]1O. The lowest BCUT2D eigenvalue weighted by atomic mass is 9.73. The van der Waals surface area contributed by atoms with Crippen molar-refractivity contribution in [2.75, 3.05) is 20.1 Å². The Hall–Kier alpha value is -1.14. The summed E-state index contributed by atoms with van der Waals surface area (Å²) < 4.78 is 0. The molecule has 6 nitrogen and oxygen atoms in total. The molecule has 0 radical (unpaired) electrons. The summed E-state index contributed by atoms with van der Waals surface area (Å²) in [5.74, 6) is -1.16. The number of nitrogens with one attached hydrogen (secondary N) is 1. The van der Waals surface area contributed by atoms with Gasteiger partial charge in [0.15, 0.2) is 0 Å². The Balaban J connectivity index is 3.02. The zero-order chi connectivity index (χ0) is 18.7. The van der Waals surface area contributed by atoms with E-state index in [1.54, 1.807) is 25.8 Å². The van der Waals surface area contributed by atoms with Gasteiger partial charge >= 0.3 is 0 Å². The van der Waals surface area contributed by atoms with Gasteiger partial charge in [0.1, 0.15) is 0 Å². The minimum Gasteiger partial charge on any atom is -0.392 e. The van der Waals surface area contributed by atoms with Crippen LogP contribution in [0.5, 0.6) is 0 Å². The van der Waals surface area contributed by atoms with E-state index in [1.807, 2.05) is 20.8 Å². The second-order valence-electron chi connectivity index (χ2n) is 7.91. The van der Waals surface area contributed by atoms with Crippen LogP contribution in [-0.2, 0) is 9.59 Å². The summed E-state index contributed by atoms with van der Waals surface area (Å²) in [7, 11) is 1.75. The number of rotatable bonds is 0. The Morgan fingerprint density at radius 1 is 1.21 bits per heavy atom. The molecule has 0 aromatic heterocycles. The van der Waals surface area contributed by atoms with Crippen molar-refractivity contribution in [1.29, 1.82) is 0 Å². The first-order chi connectivity index (χ1) is 11.0. The van der Waals surface area contributed by atoms with Crippen LogP contribution >= 0.6 is 0 Å². The molecule has 140 valence electrons. The minimum absolute atomic E-state index is 0.0338. The van der Waals surface area contributed by atoms with E-state index in [0.29, 0.717) is 13.0 Å². The van der Waals surface area contributed by atoms with Gasteiger partial charge in [-0.2, -0.15) is 0 Å². The maximum Gasteiger partial charge on any atom is 0.225 e. The molecule has 0 bridgehead atoms. The molecule has 6 heteroatoms. The van der Waals surface area contributed by atoms with E-state index in [1.165, 1.54) is 0 Å². The minimum atomic E-state index is -0.982. The van der Waals surface area contributed by atoms with Gasteiger partial charge in [-0.1, -0.05) is 27.7 Å². The molecule has 6 atom stereocenters. The average Bonchev–Trinajstić information content (AvgIpc) is 2.49. The molecule has 1 saturated heterocycles. The van der Waals surface area contributed by atoms with E-state index >= 15 is 0 Å². The van der Waals surface area contributed by atoms with Crippen LogP contribution in [-0.4, -0.2) is 58.8 Å². The van der Waals surface area contributed by atoms with Crippen LogP contribution in [0.2, 0.25) is 0 Å². The summed E-state index contributed by atoms with van der Waals surface area (Å²) in [5.41, 5.74) is -0.982. The van der Waals surface area contributed by atoms with Gasteiger partial charge in [-0.3, -0.25) is 9.59 Å². The predicted octanol–water partition coefficient (Wildman–Crippen LogP) is 1.01. The smallest absolute Gasteiger partial charge is 0.225 e. The van der Waals surface area contributed by atoms with Crippen molar-refractivity contribution < 1.29 is 19.8 Å². The summed E-state index contributed by atoms with van der Waals surface area (Å²) in [6.07, 6.45) is -0.0769. The van der Waals surface area contributed by atoms with E-state index in [-0.39, 0.29) is 42.5 Å². The van der Waals surface area contributed by atoms with E-state index in [0.717, 1.165) is 0 Å². The summed E-state index contributed by atoms with van der Waals surface area (Å²) >= 11 is 0. The molecule has 1 heterocycles. The van der Waals surface area contributed by atoms with Crippen LogP contribution in [0, 0.1) is 23.7 Å². The van der Waals surface area contributed by atoms with Crippen molar-refractivity contribution in [2.24, 2.45) is 23.7 Å². The molecule has 2 amide bonds. The lowest BCUT2D eigenvalue weighted by Gasteiger charge is -2.40. The molecule has 0 aromatic carbocycles. The molecule has 1 aliphatic heterocycles. The summed E-state index contributed by atoms with van der Waals surface area (Å²) in [4.78, 5) is 26.0. The third kappa shape index (κ3) is 5.18. The van der Waals surface area contributed by atoms with Crippen LogP contribution in [0.3, 0.4) is 0 Å². The molecular weight excluding hydrogens is 308 g/mol.